The molecule has 1 rings (SSSR count). The summed E-state index contributed by atoms with van der Waals surface area (Å²) in [4.78, 5) is 2.44. The lowest BCUT2D eigenvalue weighted by atomic mass is 10.2. The molecule has 0 bridgehead atoms. The summed E-state index contributed by atoms with van der Waals surface area (Å²) in [5, 5.41) is 3.67. The third kappa shape index (κ3) is 8.58. The molecule has 1 N–H and O–H groups in total. The van der Waals surface area contributed by atoms with Crippen molar-refractivity contribution in [3.05, 3.63) is 0 Å². The fourth-order valence-electron chi connectivity index (χ4n) is 2.57. The van der Waals surface area contributed by atoms with Gasteiger partial charge in [-0.05, 0) is 26.7 Å². The zero-order chi connectivity index (χ0) is 13.8. The fourth-order valence-corrected chi connectivity index (χ4v) is 2.57. The topological polar surface area (TPSA) is 33.7 Å². The molecule has 1 aliphatic rings. The summed E-state index contributed by atoms with van der Waals surface area (Å²) >= 11 is 0. The maximum Gasteiger partial charge on any atom is 0.0593 e. The molecule has 1 aliphatic carbocycles. The zero-order valence-electron chi connectivity index (χ0n) is 12.8. The van der Waals surface area contributed by atoms with Crippen LogP contribution in [-0.4, -0.2) is 63.5 Å². The number of nitrogens with zero attached hydrogens (tertiary/aromatic N) is 1. The summed E-state index contributed by atoms with van der Waals surface area (Å²) in [7, 11) is 0. The van der Waals surface area contributed by atoms with E-state index in [9.17, 15) is 0 Å². The molecule has 0 spiro atoms. The van der Waals surface area contributed by atoms with Crippen LogP contribution in [0.25, 0.3) is 0 Å². The highest BCUT2D eigenvalue weighted by molar-refractivity contribution is 4.74. The van der Waals surface area contributed by atoms with E-state index >= 15 is 0 Å². The van der Waals surface area contributed by atoms with Gasteiger partial charge in [0.05, 0.1) is 13.2 Å². The monoisotopic (exact) mass is 272 g/mol. The maximum absolute atomic E-state index is 5.45. The molecule has 0 heterocycles. The lowest BCUT2D eigenvalue weighted by Crippen LogP contribution is -2.39. The second-order valence-corrected chi connectivity index (χ2v) is 5.17. The Kier molecular flexibility index (Phi) is 10.4. The zero-order valence-corrected chi connectivity index (χ0v) is 12.8. The van der Waals surface area contributed by atoms with E-state index in [1.54, 1.807) is 0 Å². The van der Waals surface area contributed by atoms with E-state index < -0.39 is 0 Å². The molecule has 19 heavy (non-hydrogen) atoms. The minimum atomic E-state index is 0.764. The normalized spacial score (nSPS) is 16.6. The highest BCUT2D eigenvalue weighted by Gasteiger charge is 2.14. The minimum absolute atomic E-state index is 0.764. The van der Waals surface area contributed by atoms with Crippen molar-refractivity contribution in [1.82, 2.24) is 10.2 Å². The predicted octanol–water partition coefficient (Wildman–Crippen LogP) is 1.89. The molecule has 0 saturated heterocycles. The van der Waals surface area contributed by atoms with E-state index in [-0.39, 0.29) is 0 Å². The van der Waals surface area contributed by atoms with Crippen LogP contribution < -0.4 is 5.32 Å². The van der Waals surface area contributed by atoms with Crippen molar-refractivity contribution < 1.29 is 9.47 Å². The highest BCUT2D eigenvalue weighted by Crippen LogP contribution is 2.17. The third-order valence-corrected chi connectivity index (χ3v) is 3.73. The average molecular weight is 272 g/mol. The van der Waals surface area contributed by atoms with Crippen LogP contribution in [0, 0.1) is 0 Å². The Bertz CT molecular complexity index is 187. The van der Waals surface area contributed by atoms with Crippen LogP contribution in [0.2, 0.25) is 0 Å². The van der Waals surface area contributed by atoms with Crippen LogP contribution in [0.5, 0.6) is 0 Å². The Morgan fingerprint density at radius 3 is 2.05 bits per heavy atom. The second-order valence-electron chi connectivity index (χ2n) is 5.17. The van der Waals surface area contributed by atoms with Gasteiger partial charge >= 0.3 is 0 Å². The summed E-state index contributed by atoms with van der Waals surface area (Å²) in [5.74, 6) is 0. The van der Waals surface area contributed by atoms with Gasteiger partial charge in [-0.3, -0.25) is 4.90 Å². The largest absolute Gasteiger partial charge is 0.380 e. The van der Waals surface area contributed by atoms with Crippen LogP contribution in [0.15, 0.2) is 0 Å². The van der Waals surface area contributed by atoms with E-state index in [2.05, 4.69) is 10.2 Å². The van der Waals surface area contributed by atoms with Gasteiger partial charge in [0.15, 0.2) is 0 Å². The molecular formula is C15H32N2O2. The highest BCUT2D eigenvalue weighted by atomic mass is 16.5. The Hall–Kier alpha value is -0.160. The van der Waals surface area contributed by atoms with Crippen molar-refractivity contribution in [2.75, 3.05) is 52.6 Å². The molecule has 0 radical (unpaired) electrons. The summed E-state index contributed by atoms with van der Waals surface area (Å²) < 4.78 is 10.9. The Labute approximate surface area is 118 Å². The first-order chi connectivity index (χ1) is 9.36. The number of hydrogen-bond acceptors (Lipinski definition) is 4. The van der Waals surface area contributed by atoms with Crippen molar-refractivity contribution >= 4 is 0 Å². The van der Waals surface area contributed by atoms with Gasteiger partial charge in [0.2, 0.25) is 0 Å². The van der Waals surface area contributed by atoms with Crippen LogP contribution in [0.1, 0.15) is 39.5 Å². The fraction of sp³-hybridized carbons (Fsp3) is 1.00. The van der Waals surface area contributed by atoms with Crippen molar-refractivity contribution in [3.63, 3.8) is 0 Å². The number of rotatable bonds is 12. The lowest BCUT2D eigenvalue weighted by Gasteiger charge is -2.23. The van der Waals surface area contributed by atoms with E-state index in [0.29, 0.717) is 0 Å². The molecule has 1 saturated carbocycles. The molecule has 0 aromatic heterocycles. The van der Waals surface area contributed by atoms with Crippen LogP contribution in [0.4, 0.5) is 0 Å². The quantitative estimate of drug-likeness (QED) is 0.550. The first kappa shape index (κ1) is 16.9. The number of hydrogen-bond donors (Lipinski definition) is 1. The van der Waals surface area contributed by atoms with Gasteiger partial charge in [-0.2, -0.15) is 0 Å². The Morgan fingerprint density at radius 2 is 1.53 bits per heavy atom. The third-order valence-electron chi connectivity index (χ3n) is 3.73. The Balaban J connectivity index is 2.10. The predicted molar refractivity (Wildman–Crippen MR) is 79.7 cm³/mol. The van der Waals surface area contributed by atoms with Gasteiger partial charge in [-0.25, -0.2) is 0 Å². The van der Waals surface area contributed by atoms with Crippen LogP contribution in [-0.2, 0) is 9.47 Å². The first-order valence-electron chi connectivity index (χ1n) is 7.98. The van der Waals surface area contributed by atoms with Gasteiger partial charge < -0.3 is 14.8 Å². The lowest BCUT2D eigenvalue weighted by molar-refractivity contribution is 0.0829. The summed E-state index contributed by atoms with van der Waals surface area (Å²) in [6.07, 6.45) is 5.52. The van der Waals surface area contributed by atoms with E-state index in [0.717, 1.165) is 58.6 Å². The maximum atomic E-state index is 5.45. The summed E-state index contributed by atoms with van der Waals surface area (Å²) in [6, 6.07) is 0.764. The van der Waals surface area contributed by atoms with Crippen LogP contribution in [0.3, 0.4) is 0 Å². The number of nitrogens with one attached hydrogen (secondary N) is 1. The standard InChI is InChI=1S/C15H32N2O2/c1-3-18-13-11-17(12-14-19-4-2)10-9-16-15-7-5-6-8-15/h15-16H,3-14H2,1-2H3. The average Bonchev–Trinajstić information content (AvgIpc) is 2.92. The molecule has 1 fully saturated rings. The molecule has 0 atom stereocenters. The molecule has 4 nitrogen and oxygen atoms in total. The van der Waals surface area contributed by atoms with E-state index in [4.69, 9.17) is 9.47 Å². The second kappa shape index (κ2) is 11.6. The van der Waals surface area contributed by atoms with Crippen molar-refractivity contribution in [2.45, 2.75) is 45.6 Å². The smallest absolute Gasteiger partial charge is 0.0593 e. The van der Waals surface area contributed by atoms with Gasteiger partial charge in [0, 0.05) is 45.4 Å². The van der Waals surface area contributed by atoms with Crippen molar-refractivity contribution in [2.24, 2.45) is 0 Å². The molecule has 0 aromatic carbocycles. The van der Waals surface area contributed by atoms with E-state index in [1.165, 1.54) is 25.7 Å². The number of ether oxygens (including phenoxy) is 2. The molecule has 0 aromatic rings. The van der Waals surface area contributed by atoms with Crippen molar-refractivity contribution in [1.29, 1.82) is 0 Å². The molecule has 0 amide bonds. The summed E-state index contributed by atoms with van der Waals surface area (Å²) in [5.41, 5.74) is 0. The molecule has 114 valence electrons. The van der Waals surface area contributed by atoms with Gasteiger partial charge in [0.25, 0.3) is 0 Å². The van der Waals surface area contributed by atoms with E-state index in [1.807, 2.05) is 13.8 Å². The van der Waals surface area contributed by atoms with Gasteiger partial charge in [-0.15, -0.1) is 0 Å². The molecule has 0 unspecified atom stereocenters. The molecule has 4 heteroatoms. The Morgan fingerprint density at radius 1 is 0.947 bits per heavy atom. The van der Waals surface area contributed by atoms with Gasteiger partial charge in [-0.1, -0.05) is 12.8 Å². The first-order valence-corrected chi connectivity index (χ1v) is 7.98. The van der Waals surface area contributed by atoms with Crippen LogP contribution >= 0.6 is 0 Å². The van der Waals surface area contributed by atoms with Crippen molar-refractivity contribution in [3.8, 4) is 0 Å². The minimum Gasteiger partial charge on any atom is -0.380 e. The molecule has 0 aliphatic heterocycles. The van der Waals surface area contributed by atoms with Gasteiger partial charge in [0.1, 0.15) is 0 Å². The SMILES string of the molecule is CCOCCN(CCNC1CCCC1)CCOCC. The summed E-state index contributed by atoms with van der Waals surface area (Å²) in [6.45, 7) is 11.6. The molecular weight excluding hydrogens is 240 g/mol.